The van der Waals surface area contributed by atoms with Crippen molar-refractivity contribution in [2.75, 3.05) is 22.6 Å². The predicted octanol–water partition coefficient (Wildman–Crippen LogP) is 2.86. The van der Waals surface area contributed by atoms with Crippen LogP contribution in [0.5, 0.6) is 0 Å². The largest absolute Gasteiger partial charge is 0.351 e. The molecule has 10 heteroatoms. The first-order chi connectivity index (χ1) is 14.3. The van der Waals surface area contributed by atoms with Gasteiger partial charge in [-0.15, -0.1) is 11.3 Å². The molecule has 0 spiro atoms. The number of nitrogens with one attached hydrogen (secondary N) is 2. The summed E-state index contributed by atoms with van der Waals surface area (Å²) in [6.07, 6.45) is 0. The lowest BCUT2D eigenvalue weighted by Gasteiger charge is -2.26. The Kier molecular flexibility index (Phi) is 5.81. The molecular weight excluding hydrogens is 442 g/mol. The third kappa shape index (κ3) is 4.82. The van der Waals surface area contributed by atoms with Crippen LogP contribution in [0.25, 0.3) is 10.2 Å². The Hall–Kier alpha value is -2.43. The lowest BCUT2D eigenvalue weighted by Crippen LogP contribution is -2.53. The van der Waals surface area contributed by atoms with Crippen molar-refractivity contribution in [3.05, 3.63) is 53.6 Å². The number of sulfone groups is 1. The second-order valence-corrected chi connectivity index (χ2v) is 11.5. The van der Waals surface area contributed by atoms with E-state index in [1.54, 1.807) is 12.1 Å². The molecule has 0 radical (unpaired) electrons. The minimum Gasteiger partial charge on any atom is -0.351 e. The summed E-state index contributed by atoms with van der Waals surface area (Å²) in [6, 6.07) is 12.6. The first kappa shape index (κ1) is 20.8. The third-order valence-electron chi connectivity index (χ3n) is 4.62. The summed E-state index contributed by atoms with van der Waals surface area (Å²) in [5.41, 5.74) is 3.01. The Labute approximate surface area is 182 Å². The van der Waals surface area contributed by atoms with Gasteiger partial charge in [-0.1, -0.05) is 30.0 Å². The SMILES string of the molecule is Cc1ccccc1C(=O)Nc1ccc2nc(SCC(=O)NC3CS(=O)(=O)C3)sc2c1. The Morgan fingerprint density at radius 1 is 1.20 bits per heavy atom. The van der Waals surface area contributed by atoms with Crippen LogP contribution in [0.2, 0.25) is 0 Å². The minimum atomic E-state index is -2.96. The number of nitrogens with zero attached hydrogens (tertiary/aromatic N) is 1. The lowest BCUT2D eigenvalue weighted by atomic mass is 10.1. The molecule has 1 fully saturated rings. The van der Waals surface area contributed by atoms with Crippen LogP contribution in [0.4, 0.5) is 5.69 Å². The maximum Gasteiger partial charge on any atom is 0.255 e. The van der Waals surface area contributed by atoms with Gasteiger partial charge in [0.1, 0.15) is 0 Å². The number of hydrogen-bond acceptors (Lipinski definition) is 7. The van der Waals surface area contributed by atoms with Gasteiger partial charge in [0, 0.05) is 11.3 Å². The van der Waals surface area contributed by atoms with Crippen molar-refractivity contribution in [3.8, 4) is 0 Å². The fourth-order valence-corrected chi connectivity index (χ4v) is 6.33. The van der Waals surface area contributed by atoms with Gasteiger partial charge in [-0.2, -0.15) is 0 Å². The molecule has 0 atom stereocenters. The summed E-state index contributed by atoms with van der Waals surface area (Å²) in [5.74, 6) is -0.164. The van der Waals surface area contributed by atoms with Gasteiger partial charge in [0.15, 0.2) is 14.2 Å². The number of hydrogen-bond donors (Lipinski definition) is 2. The molecule has 0 aliphatic carbocycles. The summed E-state index contributed by atoms with van der Waals surface area (Å²) >= 11 is 2.75. The smallest absolute Gasteiger partial charge is 0.255 e. The van der Waals surface area contributed by atoms with Gasteiger partial charge in [0.05, 0.1) is 33.5 Å². The van der Waals surface area contributed by atoms with Gasteiger partial charge >= 0.3 is 0 Å². The molecule has 30 heavy (non-hydrogen) atoms. The van der Waals surface area contributed by atoms with Crippen molar-refractivity contribution >= 4 is 60.7 Å². The Morgan fingerprint density at radius 2 is 1.97 bits per heavy atom. The summed E-state index contributed by atoms with van der Waals surface area (Å²) < 4.78 is 24.0. The molecule has 4 rings (SSSR count). The molecule has 1 aliphatic rings. The molecule has 3 aromatic rings. The lowest BCUT2D eigenvalue weighted by molar-refractivity contribution is -0.119. The fourth-order valence-electron chi connectivity index (χ4n) is 3.11. The van der Waals surface area contributed by atoms with E-state index in [1.165, 1.54) is 23.1 Å². The predicted molar refractivity (Wildman–Crippen MR) is 120 cm³/mol. The van der Waals surface area contributed by atoms with Crippen molar-refractivity contribution in [3.63, 3.8) is 0 Å². The van der Waals surface area contributed by atoms with Gasteiger partial charge in [0.2, 0.25) is 5.91 Å². The first-order valence-electron chi connectivity index (χ1n) is 9.19. The Bertz CT molecular complexity index is 1230. The van der Waals surface area contributed by atoms with E-state index >= 15 is 0 Å². The molecule has 0 unspecified atom stereocenters. The number of carbonyl (C=O) groups excluding carboxylic acids is 2. The molecule has 2 amide bonds. The first-order valence-corrected chi connectivity index (χ1v) is 12.8. The number of fused-ring (bicyclic) bond motifs is 1. The summed E-state index contributed by atoms with van der Waals surface area (Å²) in [4.78, 5) is 29.0. The van der Waals surface area contributed by atoms with E-state index in [1.807, 2.05) is 37.3 Å². The topological polar surface area (TPSA) is 105 Å². The summed E-state index contributed by atoms with van der Waals surface area (Å²) in [7, 11) is -2.96. The summed E-state index contributed by atoms with van der Waals surface area (Å²) in [5, 5.41) is 5.63. The van der Waals surface area contributed by atoms with Gasteiger partial charge in [-0.25, -0.2) is 13.4 Å². The molecule has 0 bridgehead atoms. The van der Waals surface area contributed by atoms with Crippen LogP contribution in [0.3, 0.4) is 0 Å². The van der Waals surface area contributed by atoms with Crippen molar-refractivity contribution in [2.24, 2.45) is 0 Å². The number of rotatable bonds is 6. The maximum atomic E-state index is 12.5. The number of aryl methyl sites for hydroxylation is 1. The van der Waals surface area contributed by atoms with Gasteiger partial charge in [-0.3, -0.25) is 9.59 Å². The van der Waals surface area contributed by atoms with Crippen LogP contribution in [-0.4, -0.2) is 48.5 Å². The maximum absolute atomic E-state index is 12.5. The highest BCUT2D eigenvalue weighted by Crippen LogP contribution is 2.31. The van der Waals surface area contributed by atoms with Gasteiger partial charge in [-0.05, 0) is 36.8 Å². The van der Waals surface area contributed by atoms with E-state index in [4.69, 9.17) is 0 Å². The average molecular weight is 462 g/mol. The zero-order chi connectivity index (χ0) is 21.3. The third-order valence-corrected chi connectivity index (χ3v) is 8.60. The van der Waals surface area contributed by atoms with E-state index in [9.17, 15) is 18.0 Å². The molecule has 1 aromatic heterocycles. The second kappa shape index (κ2) is 8.37. The van der Waals surface area contributed by atoms with Crippen LogP contribution in [0.1, 0.15) is 15.9 Å². The molecule has 2 N–H and O–H groups in total. The highest BCUT2D eigenvalue weighted by molar-refractivity contribution is 8.01. The van der Waals surface area contributed by atoms with Crippen LogP contribution < -0.4 is 10.6 Å². The Morgan fingerprint density at radius 3 is 2.70 bits per heavy atom. The highest BCUT2D eigenvalue weighted by Gasteiger charge is 2.34. The number of thioether (sulfide) groups is 1. The highest BCUT2D eigenvalue weighted by atomic mass is 32.2. The molecule has 1 aliphatic heterocycles. The molecule has 2 heterocycles. The quantitative estimate of drug-likeness (QED) is 0.547. The van der Waals surface area contributed by atoms with Crippen molar-refractivity contribution in [2.45, 2.75) is 17.3 Å². The van der Waals surface area contributed by atoms with Crippen molar-refractivity contribution in [1.82, 2.24) is 10.3 Å². The second-order valence-electron chi connectivity index (χ2n) is 7.06. The van der Waals surface area contributed by atoms with Crippen LogP contribution in [-0.2, 0) is 14.6 Å². The van der Waals surface area contributed by atoms with Crippen molar-refractivity contribution in [1.29, 1.82) is 0 Å². The monoisotopic (exact) mass is 461 g/mol. The van der Waals surface area contributed by atoms with E-state index in [-0.39, 0.29) is 35.1 Å². The summed E-state index contributed by atoms with van der Waals surface area (Å²) in [6.45, 7) is 1.89. The van der Waals surface area contributed by atoms with E-state index in [2.05, 4.69) is 15.6 Å². The zero-order valence-corrected chi connectivity index (χ0v) is 18.5. The van der Waals surface area contributed by atoms with Crippen LogP contribution in [0.15, 0.2) is 46.8 Å². The van der Waals surface area contributed by atoms with Crippen molar-refractivity contribution < 1.29 is 18.0 Å². The standard InChI is InChI=1S/C20H19N3O4S3/c1-12-4-2-3-5-15(12)19(25)22-13-6-7-16-17(8-13)29-20(23-16)28-9-18(24)21-14-10-30(26,27)11-14/h2-8,14H,9-11H2,1H3,(H,21,24)(H,22,25). The fraction of sp³-hybridized carbons (Fsp3) is 0.250. The number of carbonyl (C=O) groups is 2. The molecule has 1 saturated heterocycles. The van der Waals surface area contributed by atoms with Gasteiger partial charge in [0.25, 0.3) is 5.91 Å². The van der Waals surface area contributed by atoms with Crippen LogP contribution in [0, 0.1) is 6.92 Å². The minimum absolute atomic E-state index is 0.0154. The average Bonchev–Trinajstić information content (AvgIpc) is 3.07. The number of aromatic nitrogens is 1. The molecule has 156 valence electrons. The molecule has 7 nitrogen and oxygen atoms in total. The normalized spacial score (nSPS) is 15.5. The number of benzene rings is 2. The Balaban J connectivity index is 1.37. The molecule has 2 aromatic carbocycles. The van der Waals surface area contributed by atoms with E-state index in [0.717, 1.165) is 20.1 Å². The van der Waals surface area contributed by atoms with Gasteiger partial charge < -0.3 is 10.6 Å². The molecular formula is C20H19N3O4S3. The zero-order valence-electron chi connectivity index (χ0n) is 16.0. The number of thiazole rings is 1. The molecule has 0 saturated carbocycles. The number of amides is 2. The van der Waals surface area contributed by atoms with E-state index in [0.29, 0.717) is 11.3 Å². The number of anilines is 1. The van der Waals surface area contributed by atoms with Crippen LogP contribution >= 0.6 is 23.1 Å². The van der Waals surface area contributed by atoms with E-state index < -0.39 is 9.84 Å².